The maximum atomic E-state index is 12.7. The molecule has 3 aromatic rings. The Labute approximate surface area is 131 Å². The van der Waals surface area contributed by atoms with Gasteiger partial charge in [-0.25, -0.2) is 4.98 Å². The standard InChI is InChI=1S/C18H13N3O2/c22-16(12-9-11-5-1-3-7-14(11)19-10-12)17-20-15-8-4-2-6-13(15)18(23)21-17/h1-9,12H,10H2,(H,20,21,23). The molecule has 1 unspecified atom stereocenters. The molecule has 0 aliphatic carbocycles. The van der Waals surface area contributed by atoms with Gasteiger partial charge in [0, 0.05) is 0 Å². The van der Waals surface area contributed by atoms with Crippen molar-refractivity contribution in [2.75, 3.05) is 6.54 Å². The highest BCUT2D eigenvalue weighted by Gasteiger charge is 2.22. The molecule has 1 N–H and O–H groups in total. The number of nitrogens with one attached hydrogen (secondary N) is 1. The number of para-hydroxylation sites is 2. The zero-order valence-corrected chi connectivity index (χ0v) is 12.2. The molecule has 112 valence electrons. The minimum absolute atomic E-state index is 0.0875. The van der Waals surface area contributed by atoms with E-state index in [0.717, 1.165) is 10.6 Å². The summed E-state index contributed by atoms with van der Waals surface area (Å²) in [7, 11) is 0. The quantitative estimate of drug-likeness (QED) is 0.713. The summed E-state index contributed by atoms with van der Waals surface area (Å²) in [6, 6.07) is 14.7. The molecule has 1 aliphatic heterocycles. The molecule has 1 aromatic heterocycles. The van der Waals surface area contributed by atoms with Crippen LogP contribution in [0.1, 0.15) is 10.6 Å². The highest BCUT2D eigenvalue weighted by molar-refractivity contribution is 5.99. The van der Waals surface area contributed by atoms with Crippen LogP contribution in [0.4, 0.5) is 0 Å². The third-order valence-electron chi connectivity index (χ3n) is 3.96. The van der Waals surface area contributed by atoms with E-state index in [1.807, 2.05) is 30.3 Å². The second-order valence-electron chi connectivity index (χ2n) is 5.47. The first-order valence-corrected chi connectivity index (χ1v) is 7.37. The zero-order valence-electron chi connectivity index (χ0n) is 12.2. The van der Waals surface area contributed by atoms with Crippen LogP contribution in [0.5, 0.6) is 0 Å². The van der Waals surface area contributed by atoms with Crippen LogP contribution in [-0.4, -0.2) is 22.3 Å². The van der Waals surface area contributed by atoms with Crippen LogP contribution in [-0.2, 0) is 0 Å². The highest BCUT2D eigenvalue weighted by atomic mass is 16.1. The average molecular weight is 303 g/mol. The lowest BCUT2D eigenvalue weighted by Gasteiger charge is -2.12. The number of rotatable bonds is 2. The molecule has 0 fully saturated rings. The largest absolute Gasteiger partial charge is 0.303 e. The summed E-state index contributed by atoms with van der Waals surface area (Å²) >= 11 is 0. The van der Waals surface area contributed by atoms with Crippen molar-refractivity contribution in [2.45, 2.75) is 0 Å². The van der Waals surface area contributed by atoms with Gasteiger partial charge in [-0.1, -0.05) is 36.4 Å². The lowest BCUT2D eigenvalue weighted by Crippen LogP contribution is -2.34. The molecule has 23 heavy (non-hydrogen) atoms. The summed E-state index contributed by atoms with van der Waals surface area (Å²) in [5.41, 5.74) is 0.222. The van der Waals surface area contributed by atoms with E-state index in [2.05, 4.69) is 15.0 Å². The first-order chi connectivity index (χ1) is 11.2. The van der Waals surface area contributed by atoms with Gasteiger partial charge < -0.3 is 4.98 Å². The van der Waals surface area contributed by atoms with Crippen molar-refractivity contribution in [3.05, 3.63) is 75.3 Å². The van der Waals surface area contributed by atoms with Crippen molar-refractivity contribution in [3.63, 3.8) is 0 Å². The Kier molecular flexibility index (Phi) is 3.12. The van der Waals surface area contributed by atoms with Crippen molar-refractivity contribution in [2.24, 2.45) is 10.9 Å². The number of Topliss-reactive ketones (excluding diaryl/α,β-unsaturated/α-hetero) is 1. The van der Waals surface area contributed by atoms with Gasteiger partial charge in [0.1, 0.15) is 0 Å². The third kappa shape index (κ3) is 2.36. The molecule has 0 radical (unpaired) electrons. The van der Waals surface area contributed by atoms with Gasteiger partial charge in [-0.2, -0.15) is 0 Å². The highest BCUT2D eigenvalue weighted by Crippen LogP contribution is 2.11. The number of carbonyl (C=O) groups is 1. The normalized spacial score (nSPS) is 16.3. The maximum Gasteiger partial charge on any atom is 0.259 e. The van der Waals surface area contributed by atoms with Gasteiger partial charge in [0.05, 0.1) is 28.7 Å². The van der Waals surface area contributed by atoms with Crippen molar-refractivity contribution >= 4 is 22.8 Å². The second-order valence-corrected chi connectivity index (χ2v) is 5.47. The molecule has 0 saturated carbocycles. The van der Waals surface area contributed by atoms with Crippen molar-refractivity contribution < 1.29 is 4.79 Å². The molecule has 0 amide bonds. The van der Waals surface area contributed by atoms with Crippen LogP contribution in [0.25, 0.3) is 17.0 Å². The number of aromatic nitrogens is 2. The molecule has 5 nitrogen and oxygen atoms in total. The minimum atomic E-state index is -0.408. The topological polar surface area (TPSA) is 75.2 Å². The van der Waals surface area contributed by atoms with Crippen LogP contribution >= 0.6 is 0 Å². The van der Waals surface area contributed by atoms with Crippen molar-refractivity contribution in [1.82, 2.24) is 9.97 Å². The van der Waals surface area contributed by atoms with Crippen molar-refractivity contribution in [3.8, 4) is 0 Å². The van der Waals surface area contributed by atoms with E-state index >= 15 is 0 Å². The van der Waals surface area contributed by atoms with E-state index in [-0.39, 0.29) is 17.2 Å². The van der Waals surface area contributed by atoms with Crippen LogP contribution in [0.2, 0.25) is 0 Å². The Morgan fingerprint density at radius 1 is 1.09 bits per heavy atom. The molecule has 2 aromatic carbocycles. The van der Waals surface area contributed by atoms with E-state index in [0.29, 0.717) is 17.4 Å². The molecule has 1 atom stereocenters. The minimum Gasteiger partial charge on any atom is -0.303 e. The Morgan fingerprint density at radius 3 is 2.78 bits per heavy atom. The Balaban J connectivity index is 1.78. The number of aromatic amines is 1. The summed E-state index contributed by atoms with van der Waals surface area (Å²) in [6.07, 6.45) is 1.89. The fourth-order valence-electron chi connectivity index (χ4n) is 2.78. The Hall–Kier alpha value is -3.08. The summed E-state index contributed by atoms with van der Waals surface area (Å²) in [6.45, 7) is 0.367. The van der Waals surface area contributed by atoms with Gasteiger partial charge in [0.15, 0.2) is 5.82 Å². The van der Waals surface area contributed by atoms with Crippen LogP contribution < -0.4 is 16.1 Å². The van der Waals surface area contributed by atoms with Gasteiger partial charge in [0.25, 0.3) is 5.56 Å². The first kappa shape index (κ1) is 13.6. The molecule has 0 saturated heterocycles. The number of hydrogen-bond donors (Lipinski definition) is 1. The van der Waals surface area contributed by atoms with E-state index in [4.69, 9.17) is 0 Å². The van der Waals surface area contributed by atoms with E-state index in [9.17, 15) is 9.59 Å². The first-order valence-electron chi connectivity index (χ1n) is 7.37. The SMILES string of the molecule is O=C(c1nc2ccccc2c(=O)[nH]1)C1C=c2ccccc2=NC1. The molecule has 0 spiro atoms. The predicted octanol–water partition coefficient (Wildman–Crippen LogP) is 0.836. The fourth-order valence-corrected chi connectivity index (χ4v) is 2.78. The lowest BCUT2D eigenvalue weighted by atomic mass is 9.99. The number of fused-ring (bicyclic) bond motifs is 2. The molecule has 5 heteroatoms. The van der Waals surface area contributed by atoms with Crippen LogP contribution in [0, 0.1) is 5.92 Å². The molecular weight excluding hydrogens is 290 g/mol. The fraction of sp³-hybridized carbons (Fsp3) is 0.111. The molecule has 2 heterocycles. The number of carbonyl (C=O) groups excluding carboxylic acids is 1. The van der Waals surface area contributed by atoms with Gasteiger partial charge >= 0.3 is 0 Å². The number of ketones is 1. The summed E-state index contributed by atoms with van der Waals surface area (Å²) in [5, 5.41) is 2.29. The monoisotopic (exact) mass is 303 g/mol. The molecule has 1 aliphatic rings. The average Bonchev–Trinajstić information content (AvgIpc) is 2.60. The maximum absolute atomic E-state index is 12.7. The number of nitrogens with zero attached hydrogens (tertiary/aromatic N) is 2. The summed E-state index contributed by atoms with van der Waals surface area (Å²) in [5.74, 6) is -0.537. The lowest BCUT2D eigenvalue weighted by molar-refractivity contribution is 0.0944. The van der Waals surface area contributed by atoms with Gasteiger partial charge in [0.2, 0.25) is 5.78 Å². The summed E-state index contributed by atoms with van der Waals surface area (Å²) < 4.78 is 0. The zero-order chi connectivity index (χ0) is 15.8. The van der Waals surface area contributed by atoms with Crippen LogP contribution in [0.3, 0.4) is 0 Å². The number of H-pyrrole nitrogens is 1. The van der Waals surface area contributed by atoms with E-state index < -0.39 is 5.92 Å². The third-order valence-corrected chi connectivity index (χ3v) is 3.96. The van der Waals surface area contributed by atoms with Crippen LogP contribution in [0.15, 0.2) is 58.3 Å². The van der Waals surface area contributed by atoms with Crippen molar-refractivity contribution in [1.29, 1.82) is 0 Å². The number of hydrogen-bond acceptors (Lipinski definition) is 4. The Bertz CT molecular complexity index is 1100. The van der Waals surface area contributed by atoms with Gasteiger partial charge in [-0.3, -0.25) is 14.6 Å². The van der Waals surface area contributed by atoms with E-state index in [1.54, 1.807) is 24.3 Å². The smallest absolute Gasteiger partial charge is 0.259 e. The number of benzene rings is 2. The molecule has 4 rings (SSSR count). The summed E-state index contributed by atoms with van der Waals surface area (Å²) in [4.78, 5) is 36.1. The Morgan fingerprint density at radius 2 is 1.87 bits per heavy atom. The molecular formula is C18H13N3O2. The second kappa shape index (κ2) is 5.28. The predicted molar refractivity (Wildman–Crippen MR) is 86.7 cm³/mol. The van der Waals surface area contributed by atoms with Gasteiger partial charge in [-0.15, -0.1) is 0 Å². The molecule has 0 bridgehead atoms. The van der Waals surface area contributed by atoms with Gasteiger partial charge in [-0.05, 0) is 23.4 Å². The van der Waals surface area contributed by atoms with E-state index in [1.165, 1.54) is 0 Å².